The highest BCUT2D eigenvalue weighted by atomic mass is 19.1. The number of nitro benzene ring substituents is 1. The summed E-state index contributed by atoms with van der Waals surface area (Å²) in [6.45, 7) is -0.959. The molecule has 1 aliphatic carbocycles. The van der Waals surface area contributed by atoms with Crippen LogP contribution in [0.1, 0.15) is 5.56 Å². The largest absolute Gasteiger partial charge is 0.480 e. The minimum atomic E-state index is -1.98. The molecule has 1 aromatic carbocycles. The van der Waals surface area contributed by atoms with Crippen LogP contribution < -0.4 is 5.32 Å². The van der Waals surface area contributed by atoms with E-state index in [2.05, 4.69) is 5.32 Å². The van der Waals surface area contributed by atoms with Gasteiger partial charge in [0.15, 0.2) is 5.41 Å². The molecule has 1 aromatic rings. The fourth-order valence-electron chi connectivity index (χ4n) is 2.44. The second-order valence-electron chi connectivity index (χ2n) is 5.60. The Hall–Kier alpha value is -3.58. The summed E-state index contributed by atoms with van der Waals surface area (Å²) in [6.07, 6.45) is 1.31. The number of carboxylic acid groups (broad SMARTS) is 1. The number of carbonyl (C=O) groups excluding carboxylic acids is 1. The van der Waals surface area contributed by atoms with E-state index in [0.29, 0.717) is 5.56 Å². The quantitative estimate of drug-likeness (QED) is 0.544. The molecule has 0 aromatic heterocycles. The van der Waals surface area contributed by atoms with E-state index in [4.69, 9.17) is 9.84 Å². The number of carbonyl (C=O) groups is 2. The first-order valence-electron chi connectivity index (χ1n) is 7.61. The molecule has 0 saturated heterocycles. The number of aliphatic carboxylic acids is 1. The SMILES string of the molecule is N#CC1(C(=O)NCc2cccc([N+](=O)[O-])c2)C=CC(F)=CC1OCC(=O)O. The molecule has 2 atom stereocenters. The maximum atomic E-state index is 13.5. The maximum absolute atomic E-state index is 13.5. The van der Waals surface area contributed by atoms with Gasteiger partial charge in [-0.2, -0.15) is 5.26 Å². The zero-order chi connectivity index (χ0) is 20.0. The van der Waals surface area contributed by atoms with Gasteiger partial charge < -0.3 is 15.2 Å². The van der Waals surface area contributed by atoms with E-state index >= 15 is 0 Å². The normalized spacial score (nSPS) is 21.0. The third kappa shape index (κ3) is 4.53. The summed E-state index contributed by atoms with van der Waals surface area (Å²) in [5, 5.41) is 31.5. The van der Waals surface area contributed by atoms with Gasteiger partial charge in [0.25, 0.3) is 5.69 Å². The monoisotopic (exact) mass is 375 g/mol. The molecule has 140 valence electrons. The van der Waals surface area contributed by atoms with Crippen LogP contribution in [0.4, 0.5) is 10.1 Å². The van der Waals surface area contributed by atoms with E-state index < -0.39 is 40.8 Å². The summed E-state index contributed by atoms with van der Waals surface area (Å²) in [5.41, 5.74) is -1.73. The first kappa shape index (κ1) is 19.7. The highest BCUT2D eigenvalue weighted by molar-refractivity contribution is 5.89. The smallest absolute Gasteiger partial charge is 0.329 e. The van der Waals surface area contributed by atoms with Gasteiger partial charge in [0.1, 0.15) is 18.5 Å². The number of benzene rings is 1. The standard InChI is InChI=1S/C17H14FN3O6/c18-12-4-5-17(10-19,14(7-12)27-9-15(22)23)16(24)20-8-11-2-1-3-13(6-11)21(25)26/h1-7,14H,8-9H2,(H,20,24)(H,22,23). The van der Waals surface area contributed by atoms with Crippen molar-refractivity contribution >= 4 is 17.6 Å². The van der Waals surface area contributed by atoms with Crippen molar-refractivity contribution in [2.45, 2.75) is 12.6 Å². The van der Waals surface area contributed by atoms with Crippen molar-refractivity contribution < 1.29 is 28.7 Å². The Balaban J connectivity index is 2.19. The summed E-state index contributed by atoms with van der Waals surface area (Å²) in [6, 6.07) is 7.27. The van der Waals surface area contributed by atoms with Gasteiger partial charge in [-0.1, -0.05) is 12.1 Å². The molecule has 10 heteroatoms. The van der Waals surface area contributed by atoms with E-state index in [1.807, 2.05) is 0 Å². The van der Waals surface area contributed by atoms with Crippen molar-refractivity contribution in [2.75, 3.05) is 6.61 Å². The first-order valence-corrected chi connectivity index (χ1v) is 7.61. The van der Waals surface area contributed by atoms with Crippen molar-refractivity contribution in [3.05, 3.63) is 64.0 Å². The highest BCUT2D eigenvalue weighted by Crippen LogP contribution is 2.33. The van der Waals surface area contributed by atoms with E-state index in [1.54, 1.807) is 12.1 Å². The number of nitro groups is 1. The molecule has 1 amide bonds. The summed E-state index contributed by atoms with van der Waals surface area (Å²) in [4.78, 5) is 33.5. The molecule has 0 spiro atoms. The molecule has 0 bridgehead atoms. The van der Waals surface area contributed by atoms with Gasteiger partial charge >= 0.3 is 5.97 Å². The van der Waals surface area contributed by atoms with E-state index in [-0.39, 0.29) is 12.2 Å². The number of carboxylic acids is 1. The summed E-state index contributed by atoms with van der Waals surface area (Å²) in [5.74, 6) is -2.98. The van der Waals surface area contributed by atoms with Gasteiger partial charge in [0.05, 0.1) is 11.0 Å². The van der Waals surface area contributed by atoms with Crippen molar-refractivity contribution in [1.82, 2.24) is 5.32 Å². The van der Waals surface area contributed by atoms with Crippen LogP contribution in [0.15, 0.2) is 48.3 Å². The zero-order valence-corrected chi connectivity index (χ0v) is 13.8. The Morgan fingerprint density at radius 2 is 2.22 bits per heavy atom. The lowest BCUT2D eigenvalue weighted by molar-refractivity contribution is -0.384. The number of nitriles is 1. The molecule has 2 rings (SSSR count). The number of nitrogens with zero attached hydrogens (tertiary/aromatic N) is 2. The number of allylic oxidation sites excluding steroid dienone is 2. The molecule has 0 saturated carbocycles. The van der Waals surface area contributed by atoms with Crippen LogP contribution in [-0.2, 0) is 20.9 Å². The predicted molar refractivity (Wildman–Crippen MR) is 88.7 cm³/mol. The Kier molecular flexibility index (Phi) is 5.99. The number of hydrogen-bond donors (Lipinski definition) is 2. The molecular formula is C17H14FN3O6. The Morgan fingerprint density at radius 3 is 2.85 bits per heavy atom. The molecule has 9 nitrogen and oxygen atoms in total. The molecule has 2 N–H and O–H groups in total. The van der Waals surface area contributed by atoms with E-state index in [1.165, 1.54) is 18.2 Å². The first-order chi connectivity index (χ1) is 12.8. The zero-order valence-electron chi connectivity index (χ0n) is 13.8. The minimum Gasteiger partial charge on any atom is -0.480 e. The van der Waals surface area contributed by atoms with Crippen molar-refractivity contribution in [2.24, 2.45) is 5.41 Å². The summed E-state index contributed by atoms with van der Waals surface area (Å²) in [7, 11) is 0. The van der Waals surface area contributed by atoms with Crippen LogP contribution in [-0.4, -0.2) is 34.6 Å². The predicted octanol–water partition coefficient (Wildman–Crippen LogP) is 1.61. The number of rotatable bonds is 7. The third-order valence-corrected chi connectivity index (χ3v) is 3.79. The van der Waals surface area contributed by atoms with Gasteiger partial charge in [0.2, 0.25) is 5.91 Å². The molecular weight excluding hydrogens is 361 g/mol. The number of halogens is 1. The Bertz CT molecular complexity index is 876. The van der Waals surface area contributed by atoms with Crippen molar-refractivity contribution in [3.63, 3.8) is 0 Å². The second-order valence-corrected chi connectivity index (χ2v) is 5.60. The third-order valence-electron chi connectivity index (χ3n) is 3.79. The number of ether oxygens (including phenoxy) is 1. The Labute approximate surface area is 152 Å². The van der Waals surface area contributed by atoms with Crippen molar-refractivity contribution in [1.29, 1.82) is 5.26 Å². The van der Waals surface area contributed by atoms with E-state index in [9.17, 15) is 29.4 Å². The van der Waals surface area contributed by atoms with Crippen LogP contribution in [0.25, 0.3) is 0 Å². The lowest BCUT2D eigenvalue weighted by atomic mass is 9.79. The van der Waals surface area contributed by atoms with Gasteiger partial charge in [-0.3, -0.25) is 14.9 Å². The van der Waals surface area contributed by atoms with Crippen LogP contribution in [0.2, 0.25) is 0 Å². The minimum absolute atomic E-state index is 0.129. The van der Waals surface area contributed by atoms with E-state index in [0.717, 1.165) is 18.2 Å². The van der Waals surface area contributed by atoms with Crippen molar-refractivity contribution in [3.8, 4) is 6.07 Å². The molecule has 0 fully saturated rings. The molecule has 0 aliphatic heterocycles. The fraction of sp³-hybridized carbons (Fsp3) is 0.235. The molecule has 2 unspecified atom stereocenters. The summed E-state index contributed by atoms with van der Waals surface area (Å²) < 4.78 is 18.5. The molecule has 0 radical (unpaired) electrons. The van der Waals surface area contributed by atoms with Gasteiger partial charge in [-0.15, -0.1) is 0 Å². The number of non-ortho nitro benzene ring substituents is 1. The van der Waals surface area contributed by atoms with Gasteiger partial charge in [-0.05, 0) is 23.8 Å². The van der Waals surface area contributed by atoms with Gasteiger partial charge in [-0.25, -0.2) is 9.18 Å². The Morgan fingerprint density at radius 1 is 1.48 bits per heavy atom. The fourth-order valence-corrected chi connectivity index (χ4v) is 2.44. The molecule has 1 aliphatic rings. The lowest BCUT2D eigenvalue weighted by Crippen LogP contribution is -2.48. The summed E-state index contributed by atoms with van der Waals surface area (Å²) >= 11 is 0. The second kappa shape index (κ2) is 8.20. The topological polar surface area (TPSA) is 143 Å². The average molecular weight is 375 g/mol. The van der Waals surface area contributed by atoms with Crippen LogP contribution >= 0.6 is 0 Å². The van der Waals surface area contributed by atoms with Crippen LogP contribution in [0, 0.1) is 26.9 Å². The molecule has 0 heterocycles. The average Bonchev–Trinajstić information content (AvgIpc) is 2.65. The maximum Gasteiger partial charge on any atom is 0.329 e. The van der Waals surface area contributed by atoms with Crippen LogP contribution in [0.5, 0.6) is 0 Å². The highest BCUT2D eigenvalue weighted by Gasteiger charge is 2.46. The van der Waals surface area contributed by atoms with Gasteiger partial charge in [0, 0.05) is 18.7 Å². The molecule has 27 heavy (non-hydrogen) atoms. The number of hydrogen-bond acceptors (Lipinski definition) is 6. The van der Waals surface area contributed by atoms with Crippen LogP contribution in [0.3, 0.4) is 0 Å². The number of nitrogens with one attached hydrogen (secondary N) is 1. The number of amides is 1. The lowest BCUT2D eigenvalue weighted by Gasteiger charge is -2.30.